The molecule has 0 heterocycles. The summed E-state index contributed by atoms with van der Waals surface area (Å²) in [5, 5.41) is 36.9. The van der Waals surface area contributed by atoms with E-state index in [4.69, 9.17) is 11.5 Å². The fourth-order valence-electron chi connectivity index (χ4n) is 8.51. The summed E-state index contributed by atoms with van der Waals surface area (Å²) >= 11 is 0. The molecule has 0 fully saturated rings. The highest BCUT2D eigenvalue weighted by molar-refractivity contribution is 5.77. The van der Waals surface area contributed by atoms with Gasteiger partial charge in [0.2, 0.25) is 0 Å². The number of likely N-dealkylation sites (N-methyl/N-ethyl adjacent to an activating group) is 3. The Balaban J connectivity index is -0.000000328. The standard InChI is InChI=1S/3C16H17NO2.2C8H11N.8C2H6/c3*1-17-15(16(18)19)14(12-8-4-2-5-9-12)13-10-6-3-7-11-13;2*1-7(9)8-5-3-2-4-6-8;8*1-2/h3*2-11,14-15,17H,1H3,(H,18,19);2*2-7H,9H2,1H3;8*1-2H3/t15-;;;;;;;;;;;;/m1............/s1. The number of benzene rings is 8. The number of nitrogens with two attached hydrogens (primary N) is 2. The van der Waals surface area contributed by atoms with Gasteiger partial charge in [-0.3, -0.25) is 14.4 Å². The summed E-state index contributed by atoms with van der Waals surface area (Å²) < 4.78 is 0. The van der Waals surface area contributed by atoms with E-state index in [0.29, 0.717) is 0 Å². The first kappa shape index (κ1) is 91.7. The third-order valence-corrected chi connectivity index (χ3v) is 12.3. The monoisotopic (exact) mass is 1250 g/mol. The molecule has 11 nitrogen and oxygen atoms in total. The molecule has 0 aliphatic rings. The smallest absolute Gasteiger partial charge is 0.321 e. The summed E-state index contributed by atoms with van der Waals surface area (Å²) in [6.07, 6.45) is 0. The summed E-state index contributed by atoms with van der Waals surface area (Å²) in [5.74, 6) is -3.15. The van der Waals surface area contributed by atoms with Crippen LogP contribution in [-0.4, -0.2) is 72.5 Å². The van der Waals surface area contributed by atoms with Gasteiger partial charge < -0.3 is 42.7 Å². The van der Waals surface area contributed by atoms with Crippen LogP contribution >= 0.6 is 0 Å². The van der Waals surface area contributed by atoms with Gasteiger partial charge in [0, 0.05) is 29.8 Å². The fourth-order valence-corrected chi connectivity index (χ4v) is 8.51. The van der Waals surface area contributed by atoms with E-state index in [9.17, 15) is 29.7 Å². The molecule has 10 N–H and O–H groups in total. The highest BCUT2D eigenvalue weighted by atomic mass is 16.4. The second-order valence-electron chi connectivity index (χ2n) is 17.6. The molecule has 0 amide bonds. The van der Waals surface area contributed by atoms with Crippen molar-refractivity contribution >= 4 is 17.9 Å². The van der Waals surface area contributed by atoms with Crippen LogP contribution in [0.2, 0.25) is 0 Å². The average Bonchev–Trinajstić information content (AvgIpc) is 1.43. The first-order chi connectivity index (χ1) is 44.3. The van der Waals surface area contributed by atoms with Crippen molar-refractivity contribution in [3.05, 3.63) is 287 Å². The number of nitrogens with one attached hydrogen (secondary N) is 3. The van der Waals surface area contributed by atoms with Crippen molar-refractivity contribution in [1.82, 2.24) is 16.0 Å². The average molecular weight is 1250 g/mol. The fraction of sp³-hybridized carbons (Fsp3) is 0.362. The number of carboxylic acids is 3. The predicted molar refractivity (Wildman–Crippen MR) is 395 cm³/mol. The molecule has 0 spiro atoms. The van der Waals surface area contributed by atoms with Crippen LogP contribution < -0.4 is 27.4 Å². The number of carboxylic acid groups (broad SMARTS) is 3. The summed E-state index contributed by atoms with van der Waals surface area (Å²) in [7, 11) is 5.03. The Kier molecular flexibility index (Phi) is 64.0. The normalized spacial score (nSPS) is 10.8. The van der Waals surface area contributed by atoms with Crippen LogP contribution in [0.15, 0.2) is 243 Å². The van der Waals surface area contributed by atoms with Gasteiger partial charge in [-0.15, -0.1) is 0 Å². The molecule has 8 rings (SSSR count). The van der Waals surface area contributed by atoms with Crippen LogP contribution in [0.4, 0.5) is 0 Å². The number of carbonyl (C=O) groups is 3. The van der Waals surface area contributed by atoms with Crippen LogP contribution in [0, 0.1) is 0 Å². The Bertz CT molecular complexity index is 2380. The topological polar surface area (TPSA) is 200 Å². The maximum absolute atomic E-state index is 11.5. The SMILES string of the molecule is CC.CC.CC.CC.CC.CC.CC.CC.CC(N)c1ccccc1.CC(N)c1ccccc1.CNC(C(=O)O)C(c1ccccc1)c1ccccc1.CNC(C(=O)O)C(c1ccccc1)c1ccccc1.CN[C@@H](C(=O)O)C(c1ccccc1)c1ccccc1. The molecule has 0 aromatic heterocycles. The van der Waals surface area contributed by atoms with E-state index in [-0.39, 0.29) is 29.8 Å². The molecule has 0 saturated heterocycles. The number of hydrogen-bond donors (Lipinski definition) is 8. The predicted octanol–water partition coefficient (Wildman–Crippen LogP) is 19.1. The van der Waals surface area contributed by atoms with Gasteiger partial charge in [-0.05, 0) is 79.5 Å². The molecule has 4 unspecified atom stereocenters. The lowest BCUT2D eigenvalue weighted by atomic mass is 9.85. The van der Waals surface area contributed by atoms with Gasteiger partial charge in [-0.2, -0.15) is 0 Å². The summed E-state index contributed by atoms with van der Waals surface area (Å²) in [6.45, 7) is 36.0. The minimum atomic E-state index is -0.847. The maximum atomic E-state index is 11.5. The second-order valence-corrected chi connectivity index (χ2v) is 17.6. The molecule has 0 aliphatic carbocycles. The van der Waals surface area contributed by atoms with Crippen molar-refractivity contribution in [3.63, 3.8) is 0 Å². The van der Waals surface area contributed by atoms with Crippen molar-refractivity contribution in [2.45, 2.75) is 173 Å². The van der Waals surface area contributed by atoms with Crippen LogP contribution in [0.1, 0.15) is 199 Å². The lowest BCUT2D eigenvalue weighted by Gasteiger charge is -2.24. The van der Waals surface area contributed by atoms with Crippen molar-refractivity contribution in [2.75, 3.05) is 21.1 Å². The summed E-state index contributed by atoms with van der Waals surface area (Å²) in [6, 6.07) is 76.8. The molecule has 91 heavy (non-hydrogen) atoms. The van der Waals surface area contributed by atoms with E-state index >= 15 is 0 Å². The summed E-state index contributed by atoms with van der Waals surface area (Å²) in [5.41, 5.74) is 19.6. The minimum absolute atomic E-state index is 0.159. The van der Waals surface area contributed by atoms with E-state index in [1.54, 1.807) is 21.1 Å². The van der Waals surface area contributed by atoms with Gasteiger partial charge in [0.05, 0.1) is 0 Å². The molecule has 5 atom stereocenters. The van der Waals surface area contributed by atoms with Gasteiger partial charge in [-0.25, -0.2) is 0 Å². The Labute approximate surface area is 553 Å². The zero-order valence-corrected chi connectivity index (χ0v) is 59.4. The Morgan fingerprint density at radius 2 is 0.363 bits per heavy atom. The van der Waals surface area contributed by atoms with Crippen LogP contribution in [0.25, 0.3) is 0 Å². The quantitative estimate of drug-likeness (QED) is 0.0431. The molecule has 0 saturated carbocycles. The zero-order valence-electron chi connectivity index (χ0n) is 59.4. The molecule has 0 bridgehead atoms. The first-order valence-corrected chi connectivity index (χ1v) is 32.9. The number of aliphatic carboxylic acids is 3. The van der Waals surface area contributed by atoms with Crippen molar-refractivity contribution in [1.29, 1.82) is 0 Å². The second kappa shape index (κ2) is 63.5. The number of rotatable bonds is 17. The third-order valence-electron chi connectivity index (χ3n) is 12.3. The molecule has 502 valence electrons. The zero-order chi connectivity index (χ0) is 70.4. The van der Waals surface area contributed by atoms with Gasteiger partial charge in [-0.1, -0.05) is 353 Å². The molecule has 8 aromatic carbocycles. The van der Waals surface area contributed by atoms with E-state index in [1.165, 1.54) is 11.1 Å². The van der Waals surface area contributed by atoms with Crippen molar-refractivity contribution in [3.8, 4) is 0 Å². The maximum Gasteiger partial charge on any atom is 0.321 e. The molecular weight excluding hydrogens is 1130 g/mol. The number of hydrogen-bond acceptors (Lipinski definition) is 8. The minimum Gasteiger partial charge on any atom is -0.480 e. The van der Waals surface area contributed by atoms with E-state index in [1.807, 2.05) is 367 Å². The van der Waals surface area contributed by atoms with Crippen LogP contribution in [0.3, 0.4) is 0 Å². The van der Waals surface area contributed by atoms with Crippen molar-refractivity contribution < 1.29 is 29.7 Å². The van der Waals surface area contributed by atoms with Gasteiger partial charge in [0.1, 0.15) is 18.1 Å². The Hall–Kier alpha value is -8.03. The van der Waals surface area contributed by atoms with Gasteiger partial charge in [0.15, 0.2) is 0 Å². The van der Waals surface area contributed by atoms with Gasteiger partial charge >= 0.3 is 17.9 Å². The Morgan fingerprint density at radius 3 is 0.440 bits per heavy atom. The van der Waals surface area contributed by atoms with Gasteiger partial charge in [0.25, 0.3) is 0 Å². The largest absolute Gasteiger partial charge is 0.480 e. The highest BCUT2D eigenvalue weighted by Gasteiger charge is 2.31. The lowest BCUT2D eigenvalue weighted by molar-refractivity contribution is -0.140. The highest BCUT2D eigenvalue weighted by Crippen LogP contribution is 2.30. The van der Waals surface area contributed by atoms with E-state index < -0.39 is 36.0 Å². The summed E-state index contributed by atoms with van der Waals surface area (Å²) in [4.78, 5) is 34.4. The Morgan fingerprint density at radius 1 is 0.253 bits per heavy atom. The molecule has 11 heteroatoms. The van der Waals surface area contributed by atoms with E-state index in [2.05, 4.69) is 16.0 Å². The molecule has 8 aromatic rings. The van der Waals surface area contributed by atoms with Crippen molar-refractivity contribution in [2.24, 2.45) is 11.5 Å². The van der Waals surface area contributed by atoms with E-state index in [0.717, 1.165) is 33.4 Å². The lowest BCUT2D eigenvalue weighted by Crippen LogP contribution is -2.40. The third kappa shape index (κ3) is 37.7. The molecular formula is C80H121N5O6. The van der Waals surface area contributed by atoms with Crippen LogP contribution in [0.5, 0.6) is 0 Å². The molecule has 0 radical (unpaired) electrons. The molecule has 0 aliphatic heterocycles. The first-order valence-electron chi connectivity index (χ1n) is 32.9. The van der Waals surface area contributed by atoms with Crippen LogP contribution in [-0.2, 0) is 14.4 Å².